The highest BCUT2D eigenvalue weighted by Crippen LogP contribution is 2.22. The van der Waals surface area contributed by atoms with Gasteiger partial charge in [0.05, 0.1) is 159 Å². The first-order chi connectivity index (χ1) is 30.9. The molecule has 0 aromatic heterocycles. The van der Waals surface area contributed by atoms with E-state index in [0.717, 1.165) is 6.42 Å². The highest BCUT2D eigenvalue weighted by molar-refractivity contribution is 6.24. The van der Waals surface area contributed by atoms with Gasteiger partial charge in [0.2, 0.25) is 17.7 Å². The Hall–Kier alpha value is -2.86. The summed E-state index contributed by atoms with van der Waals surface area (Å²) < 4.78 is 65.6. The molecule has 366 valence electrons. The molecule has 1 aliphatic heterocycles. The monoisotopic (exact) mass is 909 g/mol. The number of unbranched alkanes of at least 4 members (excludes halogenated alkanes) is 2. The Kier molecular flexibility index (Phi) is 40.9. The Balaban J connectivity index is 1.66. The lowest BCUT2D eigenvalue weighted by Gasteiger charge is -2.14. The maximum atomic E-state index is 12.1. The summed E-state index contributed by atoms with van der Waals surface area (Å²) >= 11 is 0. The third-order valence-electron chi connectivity index (χ3n) is 9.09. The van der Waals surface area contributed by atoms with Crippen LogP contribution in [0.2, 0.25) is 0 Å². The SMILES string of the molecule is CCC1CC(=O)N(CCC(=O)NCCOCCOCCOCCOCCOCCOCCOCCOCCOCCOCCOCCOCCC(=O)CCCCCC(=O)C=O)C1=O. The number of Topliss-reactive ketones (excluding diaryl/α,β-unsaturated/α-hetero) is 2. The van der Waals surface area contributed by atoms with Crippen LogP contribution in [0.15, 0.2) is 0 Å². The van der Waals surface area contributed by atoms with Crippen molar-refractivity contribution in [1.29, 1.82) is 0 Å². The van der Waals surface area contributed by atoms with Crippen LogP contribution >= 0.6 is 0 Å². The Labute approximate surface area is 373 Å². The number of carbonyl (C=O) groups excluding carboxylic acids is 6. The zero-order valence-corrected chi connectivity index (χ0v) is 37.7. The first-order valence-corrected chi connectivity index (χ1v) is 22.4. The Morgan fingerprint density at radius 2 is 0.873 bits per heavy atom. The third kappa shape index (κ3) is 37.1. The molecular formula is C43H76N2O18. The molecule has 0 aromatic rings. The Morgan fingerprint density at radius 3 is 1.24 bits per heavy atom. The molecule has 0 saturated carbocycles. The molecule has 1 atom stereocenters. The number of likely N-dealkylation sites (tertiary alicyclic amines) is 1. The molecule has 20 heteroatoms. The van der Waals surface area contributed by atoms with Gasteiger partial charge in [0.25, 0.3) is 0 Å². The number of nitrogens with one attached hydrogen (secondary N) is 1. The van der Waals surface area contributed by atoms with Crippen molar-refractivity contribution in [3.05, 3.63) is 0 Å². The predicted octanol–water partition coefficient (Wildman–Crippen LogP) is 1.15. The van der Waals surface area contributed by atoms with Gasteiger partial charge in [-0.2, -0.15) is 0 Å². The van der Waals surface area contributed by atoms with Gasteiger partial charge in [-0.1, -0.05) is 13.3 Å². The minimum Gasteiger partial charge on any atom is -0.379 e. The fourth-order valence-corrected chi connectivity index (χ4v) is 5.56. The summed E-state index contributed by atoms with van der Waals surface area (Å²) in [7, 11) is 0. The molecule has 0 aliphatic carbocycles. The van der Waals surface area contributed by atoms with E-state index in [2.05, 4.69) is 5.32 Å². The highest BCUT2D eigenvalue weighted by Gasteiger charge is 2.37. The minimum atomic E-state index is -0.395. The molecular weight excluding hydrogens is 832 g/mol. The number of carbonyl (C=O) groups is 6. The second kappa shape index (κ2) is 44.3. The predicted molar refractivity (Wildman–Crippen MR) is 226 cm³/mol. The van der Waals surface area contributed by atoms with E-state index in [1.807, 2.05) is 6.92 Å². The molecule has 63 heavy (non-hydrogen) atoms. The molecule has 1 heterocycles. The number of rotatable bonds is 50. The van der Waals surface area contributed by atoms with Crippen LogP contribution in [-0.2, 0) is 85.6 Å². The van der Waals surface area contributed by atoms with Crippen molar-refractivity contribution in [2.24, 2.45) is 5.92 Å². The molecule has 0 radical (unpaired) electrons. The van der Waals surface area contributed by atoms with E-state index < -0.39 is 5.78 Å². The van der Waals surface area contributed by atoms with Crippen LogP contribution in [0.3, 0.4) is 0 Å². The zero-order chi connectivity index (χ0) is 45.7. The highest BCUT2D eigenvalue weighted by atomic mass is 16.6. The topological polar surface area (TPSA) is 228 Å². The molecule has 20 nitrogen and oxygen atoms in total. The van der Waals surface area contributed by atoms with Gasteiger partial charge in [-0.15, -0.1) is 0 Å². The lowest BCUT2D eigenvalue weighted by atomic mass is 10.1. The lowest BCUT2D eigenvalue weighted by Crippen LogP contribution is -2.36. The van der Waals surface area contributed by atoms with Gasteiger partial charge in [0.1, 0.15) is 5.78 Å². The summed E-state index contributed by atoms with van der Waals surface area (Å²) in [5, 5.41) is 2.72. The Bertz CT molecular complexity index is 1170. The standard InChI is InChI=1S/C43H76N2O18/c1-2-38-36-42(50)45(43(38)51)11-8-41(49)44-10-13-53-15-17-55-19-21-57-23-25-59-27-29-61-31-33-63-35-34-62-32-30-60-28-26-58-24-22-56-20-18-54-16-14-52-12-9-39(47)6-4-3-5-7-40(48)37-46/h37-38H,2-36H2,1H3,(H,44,49). The Morgan fingerprint density at radius 1 is 0.508 bits per heavy atom. The van der Waals surface area contributed by atoms with Crippen molar-refractivity contribution in [2.45, 2.75) is 64.7 Å². The second-order valence-electron chi connectivity index (χ2n) is 14.1. The van der Waals surface area contributed by atoms with Crippen molar-refractivity contribution in [1.82, 2.24) is 10.2 Å². The molecule has 3 amide bonds. The molecule has 0 spiro atoms. The summed E-state index contributed by atoms with van der Waals surface area (Å²) in [6, 6.07) is 0. The molecule has 1 fully saturated rings. The largest absolute Gasteiger partial charge is 0.379 e. The van der Waals surface area contributed by atoms with Gasteiger partial charge in [0.15, 0.2) is 12.1 Å². The third-order valence-corrected chi connectivity index (χ3v) is 9.09. The number of aldehydes is 1. The molecule has 0 bridgehead atoms. The van der Waals surface area contributed by atoms with E-state index in [0.29, 0.717) is 204 Å². The number of ether oxygens (including phenoxy) is 12. The number of hydrogen-bond acceptors (Lipinski definition) is 18. The maximum absolute atomic E-state index is 12.1. The zero-order valence-electron chi connectivity index (χ0n) is 37.7. The lowest BCUT2D eigenvalue weighted by molar-refractivity contribution is -0.139. The molecule has 1 rings (SSSR count). The molecule has 1 saturated heterocycles. The van der Waals surface area contributed by atoms with Crippen molar-refractivity contribution in [2.75, 3.05) is 172 Å². The average molecular weight is 909 g/mol. The van der Waals surface area contributed by atoms with Gasteiger partial charge >= 0.3 is 0 Å². The van der Waals surface area contributed by atoms with E-state index in [9.17, 15) is 28.8 Å². The maximum Gasteiger partial charge on any atom is 0.232 e. The van der Waals surface area contributed by atoms with Crippen LogP contribution in [0, 0.1) is 5.92 Å². The quantitative estimate of drug-likeness (QED) is 0.0391. The molecule has 1 aliphatic rings. The molecule has 1 unspecified atom stereocenters. The normalized spacial score (nSPS) is 13.9. The average Bonchev–Trinajstić information content (AvgIpc) is 3.56. The van der Waals surface area contributed by atoms with Crippen LogP contribution in [-0.4, -0.2) is 212 Å². The summed E-state index contributed by atoms with van der Waals surface area (Å²) in [5.74, 6) is -1.14. The van der Waals surface area contributed by atoms with Crippen LogP contribution in [0.5, 0.6) is 0 Å². The smallest absolute Gasteiger partial charge is 0.232 e. The van der Waals surface area contributed by atoms with E-state index in [-0.39, 0.29) is 55.2 Å². The van der Waals surface area contributed by atoms with E-state index in [1.54, 1.807) is 0 Å². The first kappa shape index (κ1) is 58.2. The number of ketones is 2. The fourth-order valence-electron chi connectivity index (χ4n) is 5.56. The molecule has 1 N–H and O–H groups in total. The van der Waals surface area contributed by atoms with Crippen molar-refractivity contribution < 1.29 is 85.6 Å². The number of nitrogens with zero attached hydrogens (tertiary/aromatic N) is 1. The summed E-state index contributed by atoms with van der Waals surface area (Å²) in [4.78, 5) is 70.2. The minimum absolute atomic E-state index is 0.0815. The van der Waals surface area contributed by atoms with E-state index in [1.165, 1.54) is 4.90 Å². The van der Waals surface area contributed by atoms with Crippen LogP contribution in [0.1, 0.15) is 64.7 Å². The van der Waals surface area contributed by atoms with Crippen molar-refractivity contribution in [3.8, 4) is 0 Å². The summed E-state index contributed by atoms with van der Waals surface area (Å²) in [6.45, 7) is 12.8. The van der Waals surface area contributed by atoms with E-state index in [4.69, 9.17) is 56.8 Å². The number of amides is 3. The number of imide groups is 1. The van der Waals surface area contributed by atoms with Crippen LogP contribution in [0.25, 0.3) is 0 Å². The molecule has 0 aromatic carbocycles. The van der Waals surface area contributed by atoms with Crippen molar-refractivity contribution >= 4 is 35.6 Å². The van der Waals surface area contributed by atoms with Gasteiger partial charge < -0.3 is 62.2 Å². The fraction of sp³-hybridized carbons (Fsp3) is 0.860. The van der Waals surface area contributed by atoms with Gasteiger partial charge in [0, 0.05) is 51.1 Å². The van der Waals surface area contributed by atoms with Crippen LogP contribution in [0.4, 0.5) is 0 Å². The first-order valence-electron chi connectivity index (χ1n) is 22.4. The number of hydrogen-bond donors (Lipinski definition) is 1. The van der Waals surface area contributed by atoms with Crippen LogP contribution < -0.4 is 5.32 Å². The second-order valence-corrected chi connectivity index (χ2v) is 14.1. The van der Waals surface area contributed by atoms with Crippen molar-refractivity contribution in [3.63, 3.8) is 0 Å². The summed E-state index contributed by atoms with van der Waals surface area (Å²) in [6.07, 6.45) is 4.46. The van der Waals surface area contributed by atoms with Gasteiger partial charge in [-0.05, 0) is 19.3 Å². The summed E-state index contributed by atoms with van der Waals surface area (Å²) in [5.41, 5.74) is 0. The van der Waals surface area contributed by atoms with Gasteiger partial charge in [-0.3, -0.25) is 33.7 Å². The van der Waals surface area contributed by atoms with Gasteiger partial charge in [-0.25, -0.2) is 0 Å². The van der Waals surface area contributed by atoms with E-state index >= 15 is 0 Å².